The molecule has 3 rings (SSSR count). The van der Waals surface area contributed by atoms with Crippen molar-refractivity contribution >= 4 is 28.9 Å². The van der Waals surface area contributed by atoms with Gasteiger partial charge in [-0.1, -0.05) is 11.6 Å². The van der Waals surface area contributed by atoms with Crippen LogP contribution in [-0.4, -0.2) is 30.6 Å². The molecule has 1 N–H and O–H groups in total. The van der Waals surface area contributed by atoms with E-state index < -0.39 is 10.8 Å². The van der Waals surface area contributed by atoms with Gasteiger partial charge < -0.3 is 5.32 Å². The quantitative estimate of drug-likeness (QED) is 0.566. The van der Waals surface area contributed by atoms with Gasteiger partial charge in [-0.3, -0.25) is 19.5 Å². The number of halogens is 1. The number of amides is 1. The average Bonchev–Trinajstić information content (AvgIpc) is 3.01. The Hall–Kier alpha value is -3.33. The van der Waals surface area contributed by atoms with Crippen LogP contribution in [0, 0.1) is 17.0 Å². The number of nitro groups is 1. The van der Waals surface area contributed by atoms with Crippen LogP contribution in [0.3, 0.4) is 0 Å². The third-order valence-corrected chi connectivity index (χ3v) is 3.59. The fraction of sp³-hybridized carbons (Fsp3) is 0.0667. The number of carbonyl (C=O) groups is 1. The van der Waals surface area contributed by atoms with Crippen LogP contribution in [-0.2, 0) is 0 Å². The second kappa shape index (κ2) is 6.65. The Labute approximate surface area is 146 Å². The molecular weight excluding hydrogens is 348 g/mol. The number of imidazole rings is 1. The van der Waals surface area contributed by atoms with Gasteiger partial charge in [-0.25, -0.2) is 4.98 Å². The third-order valence-electron chi connectivity index (χ3n) is 3.36. The second-order valence-electron chi connectivity index (χ2n) is 4.99. The molecule has 2 aromatic heterocycles. The molecule has 1 aromatic carbocycles. The summed E-state index contributed by atoms with van der Waals surface area (Å²) in [5.41, 5.74) is -0.272. The van der Waals surface area contributed by atoms with Gasteiger partial charge in [0.2, 0.25) is 0 Å². The normalized spacial score (nSPS) is 10.5. The Morgan fingerprint density at radius 3 is 2.68 bits per heavy atom. The summed E-state index contributed by atoms with van der Waals surface area (Å²) in [6, 6.07) is 6.96. The van der Waals surface area contributed by atoms with E-state index >= 15 is 0 Å². The lowest BCUT2D eigenvalue weighted by Gasteiger charge is -2.07. The highest BCUT2D eigenvalue weighted by Crippen LogP contribution is 2.27. The molecule has 0 aliphatic carbocycles. The van der Waals surface area contributed by atoms with Crippen LogP contribution < -0.4 is 5.32 Å². The number of nitrogens with one attached hydrogen (secondary N) is 1. The third kappa shape index (κ3) is 3.45. The van der Waals surface area contributed by atoms with Crippen LogP contribution in [0.25, 0.3) is 5.82 Å². The van der Waals surface area contributed by atoms with Gasteiger partial charge in [0, 0.05) is 23.5 Å². The van der Waals surface area contributed by atoms with Crippen LogP contribution in [0.15, 0.2) is 42.7 Å². The number of aryl methyl sites for hydroxylation is 1. The molecule has 0 saturated heterocycles. The van der Waals surface area contributed by atoms with Crippen molar-refractivity contribution in [2.75, 3.05) is 5.32 Å². The zero-order valence-electron chi connectivity index (χ0n) is 12.9. The predicted molar refractivity (Wildman–Crippen MR) is 90.0 cm³/mol. The summed E-state index contributed by atoms with van der Waals surface area (Å²) < 4.78 is 1.70. The van der Waals surface area contributed by atoms with Crippen LogP contribution in [0.4, 0.5) is 11.4 Å². The zero-order chi connectivity index (χ0) is 18.0. The maximum Gasteiger partial charge on any atom is 0.292 e. The van der Waals surface area contributed by atoms with Crippen molar-refractivity contribution in [3.63, 3.8) is 0 Å². The van der Waals surface area contributed by atoms with Crippen molar-refractivity contribution in [3.05, 3.63) is 69.4 Å². The molecule has 1 amide bonds. The molecule has 0 radical (unpaired) electrons. The van der Waals surface area contributed by atoms with E-state index in [2.05, 4.69) is 20.5 Å². The van der Waals surface area contributed by atoms with Crippen LogP contribution in [0.1, 0.15) is 16.3 Å². The Bertz CT molecular complexity index is 954. The van der Waals surface area contributed by atoms with Crippen LogP contribution in [0.5, 0.6) is 0 Å². The lowest BCUT2D eigenvalue weighted by atomic mass is 10.2. The molecule has 10 heteroatoms. The molecule has 9 nitrogen and oxygen atoms in total. The number of aromatic nitrogens is 4. The Kier molecular flexibility index (Phi) is 4.40. The van der Waals surface area contributed by atoms with Gasteiger partial charge in [0.1, 0.15) is 11.5 Å². The van der Waals surface area contributed by atoms with Crippen molar-refractivity contribution in [2.45, 2.75) is 6.92 Å². The van der Waals surface area contributed by atoms with Gasteiger partial charge in [-0.2, -0.15) is 0 Å². The van der Waals surface area contributed by atoms with Crippen molar-refractivity contribution in [1.29, 1.82) is 0 Å². The summed E-state index contributed by atoms with van der Waals surface area (Å²) in [6.45, 7) is 1.81. The SMILES string of the molecule is Cc1nccn1-c1ccc(C(=O)Nc2cc(Cl)ccc2[N+](=O)[O-])nn1. The Balaban J connectivity index is 1.84. The standard InChI is InChI=1S/C15H11ClN6O3/c1-9-17-6-7-21(9)14-5-3-11(19-20-14)15(23)18-12-8-10(16)2-4-13(12)22(24)25/h2-8H,1H3,(H,18,23). The van der Waals surface area contributed by atoms with Crippen molar-refractivity contribution in [2.24, 2.45) is 0 Å². The monoisotopic (exact) mass is 358 g/mol. The molecule has 25 heavy (non-hydrogen) atoms. The molecule has 2 heterocycles. The van der Waals surface area contributed by atoms with E-state index in [0.29, 0.717) is 5.82 Å². The summed E-state index contributed by atoms with van der Waals surface area (Å²) in [6.07, 6.45) is 3.34. The van der Waals surface area contributed by atoms with E-state index in [1.807, 2.05) is 0 Å². The maximum absolute atomic E-state index is 12.3. The van der Waals surface area contributed by atoms with Gasteiger partial charge in [-0.15, -0.1) is 10.2 Å². The van der Waals surface area contributed by atoms with E-state index in [1.54, 1.807) is 30.0 Å². The fourth-order valence-corrected chi connectivity index (χ4v) is 2.32. The highest BCUT2D eigenvalue weighted by Gasteiger charge is 2.18. The molecule has 0 unspecified atom stereocenters. The van der Waals surface area contributed by atoms with Crippen molar-refractivity contribution < 1.29 is 9.72 Å². The maximum atomic E-state index is 12.3. The molecule has 0 spiro atoms. The zero-order valence-corrected chi connectivity index (χ0v) is 13.6. The number of rotatable bonds is 4. The van der Waals surface area contributed by atoms with Crippen LogP contribution in [0.2, 0.25) is 5.02 Å². The van der Waals surface area contributed by atoms with Gasteiger partial charge in [0.05, 0.1) is 4.92 Å². The second-order valence-corrected chi connectivity index (χ2v) is 5.43. The van der Waals surface area contributed by atoms with Crippen LogP contribution >= 0.6 is 11.6 Å². The first-order chi connectivity index (χ1) is 12.0. The number of hydrogen-bond donors (Lipinski definition) is 1. The minimum absolute atomic E-state index is 0.00999. The van der Waals surface area contributed by atoms with Gasteiger partial charge in [-0.05, 0) is 31.2 Å². The van der Waals surface area contributed by atoms with Gasteiger partial charge >= 0.3 is 0 Å². The van der Waals surface area contributed by atoms with E-state index in [4.69, 9.17) is 11.6 Å². The Morgan fingerprint density at radius 1 is 1.28 bits per heavy atom. The Morgan fingerprint density at radius 2 is 2.08 bits per heavy atom. The van der Waals surface area contributed by atoms with E-state index in [9.17, 15) is 14.9 Å². The minimum atomic E-state index is -0.633. The molecule has 0 fully saturated rings. The highest BCUT2D eigenvalue weighted by molar-refractivity contribution is 6.31. The summed E-state index contributed by atoms with van der Waals surface area (Å²) in [5, 5.41) is 21.6. The molecular formula is C15H11ClN6O3. The molecule has 0 aliphatic heterocycles. The van der Waals surface area contributed by atoms with E-state index in [1.165, 1.54) is 24.3 Å². The summed E-state index contributed by atoms with van der Waals surface area (Å²) in [4.78, 5) is 26.8. The molecule has 3 aromatic rings. The van der Waals surface area contributed by atoms with Crippen molar-refractivity contribution in [3.8, 4) is 5.82 Å². The van der Waals surface area contributed by atoms with Crippen molar-refractivity contribution in [1.82, 2.24) is 19.7 Å². The average molecular weight is 359 g/mol. The topological polar surface area (TPSA) is 116 Å². The largest absolute Gasteiger partial charge is 0.315 e. The number of benzene rings is 1. The number of anilines is 1. The lowest BCUT2D eigenvalue weighted by molar-refractivity contribution is -0.383. The lowest BCUT2D eigenvalue weighted by Crippen LogP contribution is -2.16. The number of hydrogen-bond acceptors (Lipinski definition) is 6. The van der Waals surface area contributed by atoms with E-state index in [-0.39, 0.29) is 22.1 Å². The molecule has 126 valence electrons. The molecule has 0 saturated carbocycles. The highest BCUT2D eigenvalue weighted by atomic mass is 35.5. The number of carbonyl (C=O) groups excluding carboxylic acids is 1. The molecule has 0 atom stereocenters. The first-order valence-electron chi connectivity index (χ1n) is 7.05. The van der Waals surface area contributed by atoms with Gasteiger partial charge in [0.15, 0.2) is 11.5 Å². The fourth-order valence-electron chi connectivity index (χ4n) is 2.15. The smallest absolute Gasteiger partial charge is 0.292 e. The summed E-state index contributed by atoms with van der Waals surface area (Å²) in [7, 11) is 0. The molecule has 0 aliphatic rings. The number of nitrogens with zero attached hydrogens (tertiary/aromatic N) is 5. The summed E-state index contributed by atoms with van der Waals surface area (Å²) in [5.74, 6) is 0.591. The van der Waals surface area contributed by atoms with E-state index in [0.717, 1.165) is 5.82 Å². The first kappa shape index (κ1) is 16.5. The minimum Gasteiger partial charge on any atom is -0.315 e. The summed E-state index contributed by atoms with van der Waals surface area (Å²) >= 11 is 5.83. The first-order valence-corrected chi connectivity index (χ1v) is 7.43. The molecule has 0 bridgehead atoms. The predicted octanol–water partition coefficient (Wildman–Crippen LogP) is 2.78. The number of nitro benzene ring substituents is 1. The van der Waals surface area contributed by atoms with Gasteiger partial charge in [0.25, 0.3) is 11.6 Å².